The maximum absolute atomic E-state index is 12.4. The molecule has 0 heterocycles. The van der Waals surface area contributed by atoms with E-state index >= 15 is 0 Å². The van der Waals surface area contributed by atoms with Gasteiger partial charge in [0.25, 0.3) is 0 Å². The fraction of sp³-hybridized carbons (Fsp3) is 0.812. The smallest absolute Gasteiger partial charge is 0.249 e. The second-order valence-corrected chi connectivity index (χ2v) is 15.7. The normalized spacial score (nSPS) is 14.6. The zero-order valence-electron chi connectivity index (χ0n) is 35.5. The molecule has 0 fully saturated rings. The number of carbonyl (C=O) groups excluding carboxylic acids is 1. The van der Waals surface area contributed by atoms with Crippen molar-refractivity contribution in [1.82, 2.24) is 5.32 Å². The van der Waals surface area contributed by atoms with Gasteiger partial charge < -0.3 is 25.7 Å². The van der Waals surface area contributed by atoms with E-state index in [1.807, 2.05) is 0 Å². The van der Waals surface area contributed by atoms with Crippen LogP contribution in [0.5, 0.6) is 0 Å². The standard InChI is InChI=1S/C48H89NO5/c1-3-5-7-9-11-13-15-16-17-18-19-20-21-22-23-24-25-26-27-28-29-30-31-32-34-35-37-39-41-45(51)47(53)44(43-50)49-48(54)46(52)42-40-38-36-33-14-12-10-8-6-4-2/h10,12,25-26,29-30,34-35,44-47,50-53H,3-9,11,13-24,27-28,31-33,36-43H2,1-2H3,(H,49,54)/b12-10-,26-25+,30-29+,35-34+. The third-order valence-electron chi connectivity index (χ3n) is 10.5. The van der Waals surface area contributed by atoms with Gasteiger partial charge >= 0.3 is 0 Å². The third-order valence-corrected chi connectivity index (χ3v) is 10.5. The molecular weight excluding hydrogens is 671 g/mol. The quantitative estimate of drug-likeness (QED) is 0.0315. The highest BCUT2D eigenvalue weighted by molar-refractivity contribution is 5.80. The van der Waals surface area contributed by atoms with Crippen LogP contribution in [0.25, 0.3) is 0 Å². The number of allylic oxidation sites excluding steroid dienone is 8. The van der Waals surface area contributed by atoms with Crippen molar-refractivity contribution in [3.8, 4) is 0 Å². The lowest BCUT2D eigenvalue weighted by Gasteiger charge is -2.27. The Kier molecular flexibility index (Phi) is 41.1. The van der Waals surface area contributed by atoms with Gasteiger partial charge in [-0.25, -0.2) is 0 Å². The van der Waals surface area contributed by atoms with Crippen molar-refractivity contribution in [2.75, 3.05) is 6.61 Å². The summed E-state index contributed by atoms with van der Waals surface area (Å²) < 4.78 is 0. The molecule has 0 aromatic carbocycles. The summed E-state index contributed by atoms with van der Waals surface area (Å²) >= 11 is 0. The van der Waals surface area contributed by atoms with Gasteiger partial charge in [-0.05, 0) is 83.5 Å². The van der Waals surface area contributed by atoms with E-state index < -0.39 is 36.9 Å². The number of nitrogens with one attached hydrogen (secondary N) is 1. The van der Waals surface area contributed by atoms with Crippen LogP contribution in [0.3, 0.4) is 0 Å². The zero-order valence-corrected chi connectivity index (χ0v) is 35.5. The van der Waals surface area contributed by atoms with Gasteiger partial charge in [-0.15, -0.1) is 0 Å². The third kappa shape index (κ3) is 35.9. The Bertz CT molecular complexity index is 900. The molecule has 6 heteroatoms. The molecule has 0 spiro atoms. The summed E-state index contributed by atoms with van der Waals surface area (Å²) in [4.78, 5) is 12.4. The van der Waals surface area contributed by atoms with Crippen molar-refractivity contribution in [3.63, 3.8) is 0 Å². The molecule has 0 saturated heterocycles. The van der Waals surface area contributed by atoms with Crippen molar-refractivity contribution < 1.29 is 25.2 Å². The number of carbonyl (C=O) groups is 1. The molecule has 1 amide bonds. The summed E-state index contributed by atoms with van der Waals surface area (Å²) in [6, 6.07) is -1.02. The molecule has 0 bridgehead atoms. The number of hydrogen-bond acceptors (Lipinski definition) is 5. The first-order valence-corrected chi connectivity index (χ1v) is 23.0. The van der Waals surface area contributed by atoms with Gasteiger partial charge in [0.15, 0.2) is 0 Å². The molecular formula is C48H89NO5. The molecule has 4 atom stereocenters. The minimum Gasteiger partial charge on any atom is -0.394 e. The lowest BCUT2D eigenvalue weighted by atomic mass is 10.00. The number of unbranched alkanes of at least 4 members (excludes halogenated alkanes) is 24. The van der Waals surface area contributed by atoms with Gasteiger partial charge in [-0.1, -0.05) is 184 Å². The van der Waals surface area contributed by atoms with Crippen LogP contribution in [0.4, 0.5) is 0 Å². The Labute approximate surface area is 334 Å². The van der Waals surface area contributed by atoms with Crippen LogP contribution >= 0.6 is 0 Å². The summed E-state index contributed by atoms with van der Waals surface area (Å²) in [5.41, 5.74) is 0. The summed E-state index contributed by atoms with van der Waals surface area (Å²) in [6.45, 7) is 3.97. The summed E-state index contributed by atoms with van der Waals surface area (Å²) in [5, 5.41) is 43.5. The summed E-state index contributed by atoms with van der Waals surface area (Å²) in [6.07, 6.45) is 51.7. The maximum Gasteiger partial charge on any atom is 0.249 e. The second kappa shape index (κ2) is 42.4. The van der Waals surface area contributed by atoms with E-state index in [0.29, 0.717) is 19.3 Å². The first kappa shape index (κ1) is 52.3. The van der Waals surface area contributed by atoms with Gasteiger partial charge in [-0.3, -0.25) is 4.79 Å². The molecule has 5 N–H and O–H groups in total. The van der Waals surface area contributed by atoms with E-state index in [2.05, 4.69) is 67.8 Å². The predicted molar refractivity (Wildman–Crippen MR) is 233 cm³/mol. The lowest BCUT2D eigenvalue weighted by Crippen LogP contribution is -2.53. The Morgan fingerprint density at radius 3 is 1.22 bits per heavy atom. The Morgan fingerprint density at radius 2 is 0.796 bits per heavy atom. The number of amides is 1. The van der Waals surface area contributed by atoms with E-state index in [4.69, 9.17) is 0 Å². The Hall–Kier alpha value is -1.73. The van der Waals surface area contributed by atoms with E-state index in [9.17, 15) is 25.2 Å². The van der Waals surface area contributed by atoms with E-state index in [1.165, 1.54) is 116 Å². The van der Waals surface area contributed by atoms with Crippen molar-refractivity contribution in [1.29, 1.82) is 0 Å². The molecule has 0 aromatic rings. The number of aliphatic hydroxyl groups excluding tert-OH is 4. The molecule has 0 aliphatic carbocycles. The average molecular weight is 760 g/mol. The highest BCUT2D eigenvalue weighted by Crippen LogP contribution is 2.15. The molecule has 0 aromatic heterocycles. The highest BCUT2D eigenvalue weighted by Gasteiger charge is 2.28. The molecule has 0 aliphatic rings. The van der Waals surface area contributed by atoms with Crippen LogP contribution in [0.1, 0.15) is 219 Å². The van der Waals surface area contributed by atoms with Crippen LogP contribution in [0, 0.1) is 0 Å². The van der Waals surface area contributed by atoms with Crippen LogP contribution in [0.2, 0.25) is 0 Å². The van der Waals surface area contributed by atoms with Gasteiger partial charge in [0.1, 0.15) is 12.2 Å². The minimum atomic E-state index is -1.30. The summed E-state index contributed by atoms with van der Waals surface area (Å²) in [5.74, 6) is -0.613. The molecule has 6 nitrogen and oxygen atoms in total. The number of hydrogen-bond donors (Lipinski definition) is 5. The molecule has 0 rings (SSSR count). The van der Waals surface area contributed by atoms with Crippen LogP contribution in [-0.4, -0.2) is 57.3 Å². The largest absolute Gasteiger partial charge is 0.394 e. The molecule has 0 radical (unpaired) electrons. The van der Waals surface area contributed by atoms with Crippen LogP contribution in [0.15, 0.2) is 48.6 Å². The molecule has 54 heavy (non-hydrogen) atoms. The Morgan fingerprint density at radius 1 is 0.444 bits per heavy atom. The van der Waals surface area contributed by atoms with E-state index in [0.717, 1.165) is 70.6 Å². The molecule has 4 unspecified atom stereocenters. The SMILES string of the molecule is CCCC/C=C\CCCCCCC(O)C(=O)NC(CO)C(O)C(O)CCC/C=C/CC/C=C/CC/C=C/CCCCCCCCCCCCCCCCC. The first-order chi connectivity index (χ1) is 26.5. The monoisotopic (exact) mass is 760 g/mol. The van der Waals surface area contributed by atoms with Gasteiger partial charge in [0, 0.05) is 0 Å². The minimum absolute atomic E-state index is 0.341. The average Bonchev–Trinajstić information content (AvgIpc) is 3.18. The Balaban J connectivity index is 3.74. The number of rotatable bonds is 41. The predicted octanol–water partition coefficient (Wildman–Crippen LogP) is 12.3. The highest BCUT2D eigenvalue weighted by atomic mass is 16.3. The maximum atomic E-state index is 12.4. The fourth-order valence-electron chi connectivity index (χ4n) is 6.77. The van der Waals surface area contributed by atoms with Gasteiger partial charge in [0.2, 0.25) is 5.91 Å². The van der Waals surface area contributed by atoms with E-state index in [-0.39, 0.29) is 0 Å². The summed E-state index contributed by atoms with van der Waals surface area (Å²) in [7, 11) is 0. The fourth-order valence-corrected chi connectivity index (χ4v) is 6.77. The molecule has 0 aliphatic heterocycles. The van der Waals surface area contributed by atoms with Crippen LogP contribution < -0.4 is 5.32 Å². The van der Waals surface area contributed by atoms with Gasteiger partial charge in [0.05, 0.1) is 18.8 Å². The topological polar surface area (TPSA) is 110 Å². The zero-order chi connectivity index (χ0) is 39.6. The van der Waals surface area contributed by atoms with Crippen molar-refractivity contribution in [2.45, 2.75) is 244 Å². The van der Waals surface area contributed by atoms with Crippen molar-refractivity contribution in [2.24, 2.45) is 0 Å². The first-order valence-electron chi connectivity index (χ1n) is 23.0. The van der Waals surface area contributed by atoms with Crippen molar-refractivity contribution >= 4 is 5.91 Å². The van der Waals surface area contributed by atoms with Crippen molar-refractivity contribution in [3.05, 3.63) is 48.6 Å². The van der Waals surface area contributed by atoms with Gasteiger partial charge in [-0.2, -0.15) is 0 Å². The molecule has 316 valence electrons. The van der Waals surface area contributed by atoms with Crippen LogP contribution in [-0.2, 0) is 4.79 Å². The molecule has 0 saturated carbocycles. The van der Waals surface area contributed by atoms with E-state index in [1.54, 1.807) is 0 Å². The number of aliphatic hydroxyl groups is 4. The second-order valence-electron chi connectivity index (χ2n) is 15.7. The lowest BCUT2D eigenvalue weighted by molar-refractivity contribution is -0.132.